The Kier molecular flexibility index (Phi) is 3.76. The number of nitrogens with two attached hydrogens (primary N) is 1. The summed E-state index contributed by atoms with van der Waals surface area (Å²) in [5, 5.41) is 6.88. The van der Waals surface area contributed by atoms with E-state index in [1.165, 1.54) is 0 Å². The Morgan fingerprint density at radius 3 is 2.69 bits per heavy atom. The molecule has 0 aromatic carbocycles. The van der Waals surface area contributed by atoms with Gasteiger partial charge < -0.3 is 16.0 Å². The highest BCUT2D eigenvalue weighted by Crippen LogP contribution is 2.25. The Hall–Kier alpha value is -1.72. The smallest absolute Gasteiger partial charge is 0.239 e. The van der Waals surface area contributed by atoms with Gasteiger partial charge in [0.15, 0.2) is 5.82 Å². The van der Waals surface area contributed by atoms with Crippen molar-refractivity contribution in [3.8, 4) is 0 Å². The Morgan fingerprint density at radius 1 is 1.62 bits per heavy atom. The van der Waals surface area contributed by atoms with Gasteiger partial charge in [0.1, 0.15) is 0 Å². The van der Waals surface area contributed by atoms with Crippen molar-refractivity contribution in [1.29, 1.82) is 0 Å². The molecular formula is C10H19N5O. The number of hydrogen-bond acceptors (Lipinski definition) is 4. The summed E-state index contributed by atoms with van der Waals surface area (Å²) in [5.74, 6) is 0.724. The Labute approximate surface area is 95.4 Å². The third kappa shape index (κ3) is 2.26. The van der Waals surface area contributed by atoms with Crippen LogP contribution < -0.4 is 16.0 Å². The van der Waals surface area contributed by atoms with Gasteiger partial charge in [0, 0.05) is 21.1 Å². The molecule has 1 heterocycles. The Morgan fingerprint density at radius 2 is 2.25 bits per heavy atom. The molecule has 1 aromatic heterocycles. The highest BCUT2D eigenvalue weighted by molar-refractivity contribution is 5.82. The molecular weight excluding hydrogens is 206 g/mol. The molecule has 0 aliphatic rings. The number of nitrogens with zero attached hydrogens (tertiary/aromatic N) is 3. The highest BCUT2D eigenvalue weighted by atomic mass is 16.1. The second-order valence-corrected chi connectivity index (χ2v) is 3.69. The molecule has 0 spiro atoms. The first-order valence-electron chi connectivity index (χ1n) is 5.24. The molecule has 6 nitrogen and oxygen atoms in total. The van der Waals surface area contributed by atoms with Gasteiger partial charge in [-0.2, -0.15) is 5.10 Å². The van der Waals surface area contributed by atoms with Crippen LogP contribution in [0.15, 0.2) is 0 Å². The van der Waals surface area contributed by atoms with E-state index in [-0.39, 0.29) is 12.5 Å². The fourth-order valence-electron chi connectivity index (χ4n) is 1.67. The number of aryl methyl sites for hydroxylation is 2. The van der Waals surface area contributed by atoms with E-state index >= 15 is 0 Å². The van der Waals surface area contributed by atoms with E-state index in [0.717, 1.165) is 17.9 Å². The minimum atomic E-state index is -0.0545. The molecule has 0 atom stereocenters. The number of hydrogen-bond donors (Lipinski definition) is 2. The van der Waals surface area contributed by atoms with Gasteiger partial charge in [0.25, 0.3) is 0 Å². The third-order valence-electron chi connectivity index (χ3n) is 2.49. The maximum absolute atomic E-state index is 11.3. The number of carbonyl (C=O) groups is 1. The SMILES string of the molecule is CCc1nn(C)c(N(C)CC(=O)NC)c1N. The number of anilines is 2. The van der Waals surface area contributed by atoms with E-state index in [1.54, 1.807) is 16.6 Å². The van der Waals surface area contributed by atoms with Crippen LogP contribution in [0.25, 0.3) is 0 Å². The number of carbonyl (C=O) groups excluding carboxylic acids is 1. The van der Waals surface area contributed by atoms with Crippen molar-refractivity contribution in [3.05, 3.63) is 5.69 Å². The van der Waals surface area contributed by atoms with Crippen LogP contribution >= 0.6 is 0 Å². The summed E-state index contributed by atoms with van der Waals surface area (Å²) < 4.78 is 1.71. The van der Waals surface area contributed by atoms with Gasteiger partial charge >= 0.3 is 0 Å². The van der Waals surface area contributed by atoms with E-state index in [1.807, 2.05) is 21.0 Å². The minimum Gasteiger partial charge on any atom is -0.394 e. The zero-order chi connectivity index (χ0) is 12.3. The lowest BCUT2D eigenvalue weighted by Gasteiger charge is -2.18. The van der Waals surface area contributed by atoms with Crippen molar-refractivity contribution in [2.75, 3.05) is 31.3 Å². The summed E-state index contributed by atoms with van der Waals surface area (Å²) in [4.78, 5) is 13.1. The second kappa shape index (κ2) is 4.87. The zero-order valence-corrected chi connectivity index (χ0v) is 10.2. The van der Waals surface area contributed by atoms with Crippen LogP contribution in [0.5, 0.6) is 0 Å². The van der Waals surface area contributed by atoms with Gasteiger partial charge in [-0.1, -0.05) is 6.92 Å². The van der Waals surface area contributed by atoms with E-state index in [0.29, 0.717) is 5.69 Å². The topological polar surface area (TPSA) is 76.2 Å². The normalized spacial score (nSPS) is 10.2. The highest BCUT2D eigenvalue weighted by Gasteiger charge is 2.17. The van der Waals surface area contributed by atoms with E-state index < -0.39 is 0 Å². The quantitative estimate of drug-likeness (QED) is 0.740. The summed E-state index contributed by atoms with van der Waals surface area (Å²) in [6.07, 6.45) is 0.785. The van der Waals surface area contributed by atoms with Crippen molar-refractivity contribution in [3.63, 3.8) is 0 Å². The lowest BCUT2D eigenvalue weighted by Crippen LogP contribution is -2.34. The molecule has 6 heteroatoms. The molecule has 0 fully saturated rings. The minimum absolute atomic E-state index is 0.0545. The predicted molar refractivity (Wildman–Crippen MR) is 64.3 cm³/mol. The average Bonchev–Trinajstić information content (AvgIpc) is 2.53. The van der Waals surface area contributed by atoms with Crippen LogP contribution in [-0.4, -0.2) is 36.3 Å². The van der Waals surface area contributed by atoms with Gasteiger partial charge in [-0.3, -0.25) is 9.48 Å². The molecule has 1 aromatic rings. The van der Waals surface area contributed by atoms with Gasteiger partial charge in [-0.05, 0) is 6.42 Å². The monoisotopic (exact) mass is 225 g/mol. The fourth-order valence-corrected chi connectivity index (χ4v) is 1.67. The Bertz CT molecular complexity index is 385. The molecule has 0 saturated carbocycles. The molecule has 0 radical (unpaired) electrons. The molecule has 0 unspecified atom stereocenters. The number of likely N-dealkylation sites (N-methyl/N-ethyl adjacent to an activating group) is 2. The van der Waals surface area contributed by atoms with Crippen LogP contribution in [0.1, 0.15) is 12.6 Å². The maximum Gasteiger partial charge on any atom is 0.239 e. The van der Waals surface area contributed by atoms with Crippen LogP contribution in [0.2, 0.25) is 0 Å². The molecule has 0 aliphatic heterocycles. The first-order chi connectivity index (χ1) is 7.51. The summed E-state index contributed by atoms with van der Waals surface area (Å²) in [6, 6.07) is 0. The average molecular weight is 225 g/mol. The summed E-state index contributed by atoms with van der Waals surface area (Å²) in [7, 11) is 5.26. The first-order valence-corrected chi connectivity index (χ1v) is 5.24. The summed E-state index contributed by atoms with van der Waals surface area (Å²) in [5.41, 5.74) is 7.49. The molecule has 0 saturated heterocycles. The Balaban J connectivity index is 2.94. The number of nitrogens with one attached hydrogen (secondary N) is 1. The van der Waals surface area contributed by atoms with Crippen molar-refractivity contribution in [1.82, 2.24) is 15.1 Å². The van der Waals surface area contributed by atoms with Crippen molar-refractivity contribution >= 4 is 17.4 Å². The van der Waals surface area contributed by atoms with Crippen LogP contribution in [-0.2, 0) is 18.3 Å². The molecule has 3 N–H and O–H groups in total. The lowest BCUT2D eigenvalue weighted by atomic mass is 10.3. The van der Waals surface area contributed by atoms with Crippen molar-refractivity contribution in [2.24, 2.45) is 7.05 Å². The number of nitrogen functional groups attached to an aromatic ring is 1. The third-order valence-corrected chi connectivity index (χ3v) is 2.49. The molecule has 0 aliphatic carbocycles. The van der Waals surface area contributed by atoms with E-state index in [9.17, 15) is 4.79 Å². The predicted octanol–water partition coefficient (Wildman–Crippen LogP) is -0.253. The zero-order valence-electron chi connectivity index (χ0n) is 10.2. The lowest BCUT2D eigenvalue weighted by molar-refractivity contribution is -0.119. The fraction of sp³-hybridized carbons (Fsp3) is 0.600. The van der Waals surface area contributed by atoms with Crippen molar-refractivity contribution in [2.45, 2.75) is 13.3 Å². The summed E-state index contributed by atoms with van der Waals surface area (Å²) >= 11 is 0. The molecule has 90 valence electrons. The first kappa shape index (κ1) is 12.4. The number of amides is 1. The molecule has 0 bridgehead atoms. The van der Waals surface area contributed by atoms with Gasteiger partial charge in [-0.15, -0.1) is 0 Å². The van der Waals surface area contributed by atoms with Gasteiger partial charge in [0.05, 0.1) is 17.9 Å². The number of rotatable bonds is 4. The van der Waals surface area contributed by atoms with Crippen LogP contribution in [0.3, 0.4) is 0 Å². The maximum atomic E-state index is 11.3. The van der Waals surface area contributed by atoms with Crippen LogP contribution in [0.4, 0.5) is 11.5 Å². The largest absolute Gasteiger partial charge is 0.394 e. The molecule has 1 rings (SSSR count). The van der Waals surface area contributed by atoms with E-state index in [2.05, 4.69) is 10.4 Å². The van der Waals surface area contributed by atoms with Crippen molar-refractivity contribution < 1.29 is 4.79 Å². The summed E-state index contributed by atoms with van der Waals surface area (Å²) in [6.45, 7) is 2.27. The van der Waals surface area contributed by atoms with Gasteiger partial charge in [-0.25, -0.2) is 0 Å². The van der Waals surface area contributed by atoms with Gasteiger partial charge in [0.2, 0.25) is 5.91 Å². The molecule has 16 heavy (non-hydrogen) atoms. The van der Waals surface area contributed by atoms with E-state index in [4.69, 9.17) is 5.73 Å². The van der Waals surface area contributed by atoms with Crippen LogP contribution in [0, 0.1) is 0 Å². The second-order valence-electron chi connectivity index (χ2n) is 3.69. The molecule has 1 amide bonds. The number of aromatic nitrogens is 2. The standard InChI is InChI=1S/C10H19N5O/c1-5-7-9(11)10(15(4)13-7)14(3)6-8(16)12-2/h5-6,11H2,1-4H3,(H,12,16).